The van der Waals surface area contributed by atoms with Gasteiger partial charge in [0.15, 0.2) is 5.78 Å². The largest absolute Gasteiger partial charge is 0.356 e. The van der Waals surface area contributed by atoms with Crippen LogP contribution in [0.5, 0.6) is 0 Å². The maximum Gasteiger partial charge on any atom is 0.204 e. The lowest BCUT2D eigenvalue weighted by Gasteiger charge is -2.10. The van der Waals surface area contributed by atoms with Gasteiger partial charge < -0.3 is 14.5 Å². The average Bonchev–Trinajstić information content (AvgIpc) is 3.08. The summed E-state index contributed by atoms with van der Waals surface area (Å²) in [5, 5.41) is 3.39. The molecular weight excluding hydrogens is 312 g/mol. The van der Waals surface area contributed by atoms with Gasteiger partial charge in [-0.1, -0.05) is 25.5 Å². The number of para-hydroxylation sites is 2. The molecule has 25 heavy (non-hydrogen) atoms. The normalized spacial score (nSPS) is 11.2. The Morgan fingerprint density at radius 2 is 2.00 bits per heavy atom. The van der Waals surface area contributed by atoms with Crippen LogP contribution < -0.4 is 5.32 Å². The molecule has 3 rings (SSSR count). The fraction of sp³-hybridized carbons (Fsp3) is 0.400. The van der Waals surface area contributed by atoms with Gasteiger partial charge in [-0.3, -0.25) is 4.79 Å². The molecule has 0 aliphatic carbocycles. The van der Waals surface area contributed by atoms with E-state index in [1.165, 1.54) is 0 Å². The van der Waals surface area contributed by atoms with E-state index in [9.17, 15) is 4.79 Å². The average molecular weight is 338 g/mol. The number of benzene rings is 1. The first-order valence-corrected chi connectivity index (χ1v) is 8.88. The van der Waals surface area contributed by atoms with Crippen LogP contribution in [0.1, 0.15) is 41.5 Å². The van der Waals surface area contributed by atoms with Crippen LogP contribution in [-0.4, -0.2) is 26.4 Å². The number of rotatable bonds is 7. The first-order valence-electron chi connectivity index (χ1n) is 8.88. The minimum Gasteiger partial charge on any atom is -0.356 e. The lowest BCUT2D eigenvalue weighted by atomic mass is 10.1. The number of anilines is 1. The Labute approximate surface area is 148 Å². The number of hydrogen-bond donors (Lipinski definition) is 1. The van der Waals surface area contributed by atoms with E-state index in [-0.39, 0.29) is 5.78 Å². The molecule has 0 spiro atoms. The molecule has 3 aromatic rings. The minimum atomic E-state index is 0.114. The van der Waals surface area contributed by atoms with Gasteiger partial charge >= 0.3 is 0 Å². The van der Waals surface area contributed by atoms with Crippen molar-refractivity contribution in [3.05, 3.63) is 47.3 Å². The van der Waals surface area contributed by atoms with E-state index in [0.717, 1.165) is 53.3 Å². The number of nitrogens with zero attached hydrogens (tertiary/aromatic N) is 3. The van der Waals surface area contributed by atoms with Gasteiger partial charge in [-0.05, 0) is 38.5 Å². The summed E-state index contributed by atoms with van der Waals surface area (Å²) in [7, 11) is 1.99. The number of aryl methyl sites for hydroxylation is 1. The summed E-state index contributed by atoms with van der Waals surface area (Å²) >= 11 is 0. The van der Waals surface area contributed by atoms with Gasteiger partial charge in [-0.15, -0.1) is 0 Å². The van der Waals surface area contributed by atoms with Crippen LogP contribution >= 0.6 is 0 Å². The molecule has 0 saturated carbocycles. The number of carbonyl (C=O) groups excluding carboxylic acids is 1. The molecule has 2 aromatic heterocycles. The van der Waals surface area contributed by atoms with E-state index in [0.29, 0.717) is 6.54 Å². The lowest BCUT2D eigenvalue weighted by molar-refractivity contribution is 0.0973. The quantitative estimate of drug-likeness (QED) is 0.521. The van der Waals surface area contributed by atoms with Gasteiger partial charge in [0.25, 0.3) is 0 Å². The van der Waals surface area contributed by atoms with Crippen molar-refractivity contribution in [1.29, 1.82) is 0 Å². The first-order chi connectivity index (χ1) is 12.0. The zero-order chi connectivity index (χ0) is 18.0. The highest BCUT2D eigenvalue weighted by molar-refractivity contribution is 5.98. The number of unbranched alkanes of at least 4 members (excludes halogenated alkanes) is 1. The Kier molecular flexibility index (Phi) is 4.93. The molecule has 0 unspecified atom stereocenters. The second kappa shape index (κ2) is 7.13. The summed E-state index contributed by atoms with van der Waals surface area (Å²) in [6.45, 7) is 7.33. The van der Waals surface area contributed by atoms with Gasteiger partial charge in [0, 0.05) is 30.5 Å². The zero-order valence-corrected chi connectivity index (χ0v) is 15.5. The molecule has 0 aliphatic heterocycles. The van der Waals surface area contributed by atoms with Crippen LogP contribution in [0.25, 0.3) is 11.0 Å². The van der Waals surface area contributed by atoms with Gasteiger partial charge in [-0.2, -0.15) is 0 Å². The molecule has 5 nitrogen and oxygen atoms in total. The third kappa shape index (κ3) is 3.31. The number of imidazole rings is 1. The third-order valence-electron chi connectivity index (χ3n) is 4.85. The highest BCUT2D eigenvalue weighted by Crippen LogP contribution is 2.22. The predicted molar refractivity (Wildman–Crippen MR) is 102 cm³/mol. The molecule has 0 radical (unpaired) electrons. The van der Waals surface area contributed by atoms with Crippen molar-refractivity contribution < 1.29 is 4.79 Å². The summed E-state index contributed by atoms with van der Waals surface area (Å²) in [5.74, 6) is 0.885. The van der Waals surface area contributed by atoms with E-state index in [4.69, 9.17) is 0 Å². The summed E-state index contributed by atoms with van der Waals surface area (Å²) in [4.78, 5) is 17.6. The van der Waals surface area contributed by atoms with E-state index in [2.05, 4.69) is 21.8 Å². The maximum absolute atomic E-state index is 12.9. The Morgan fingerprint density at radius 1 is 1.24 bits per heavy atom. The van der Waals surface area contributed by atoms with Crippen LogP contribution in [0.3, 0.4) is 0 Å². The van der Waals surface area contributed by atoms with Gasteiger partial charge in [0.2, 0.25) is 5.95 Å². The number of Topliss-reactive ketones (excluding diaryl/α,β-unsaturated/α-hetero) is 1. The van der Waals surface area contributed by atoms with Crippen molar-refractivity contribution in [3.63, 3.8) is 0 Å². The number of aromatic nitrogens is 3. The monoisotopic (exact) mass is 338 g/mol. The Bertz CT molecular complexity index is 904. The van der Waals surface area contributed by atoms with Crippen LogP contribution in [0, 0.1) is 13.8 Å². The molecule has 2 heterocycles. The molecule has 1 aromatic carbocycles. The number of carbonyl (C=O) groups is 1. The first kappa shape index (κ1) is 17.3. The van der Waals surface area contributed by atoms with Crippen molar-refractivity contribution in [3.8, 4) is 0 Å². The molecule has 0 atom stereocenters. The highest BCUT2D eigenvalue weighted by Gasteiger charge is 2.18. The summed E-state index contributed by atoms with van der Waals surface area (Å²) in [6.07, 6.45) is 2.20. The van der Waals surface area contributed by atoms with Gasteiger partial charge in [0.05, 0.1) is 17.6 Å². The molecule has 0 amide bonds. The van der Waals surface area contributed by atoms with Crippen LogP contribution in [0.15, 0.2) is 30.3 Å². The van der Waals surface area contributed by atoms with Crippen molar-refractivity contribution >= 4 is 22.8 Å². The standard InChI is InChI=1S/C20H26N4O/c1-5-6-11-21-20-22-17-9-7-8-10-18(17)24(20)13-19(25)16-12-14(2)23(4)15(16)3/h7-10,12H,5-6,11,13H2,1-4H3,(H,21,22). The molecule has 0 bridgehead atoms. The van der Waals surface area contributed by atoms with Gasteiger partial charge in [0.1, 0.15) is 0 Å². The van der Waals surface area contributed by atoms with Crippen molar-refractivity contribution in [2.24, 2.45) is 7.05 Å². The maximum atomic E-state index is 12.9. The smallest absolute Gasteiger partial charge is 0.204 e. The number of hydrogen-bond acceptors (Lipinski definition) is 3. The number of fused-ring (bicyclic) bond motifs is 1. The van der Waals surface area contributed by atoms with Crippen molar-refractivity contribution in [1.82, 2.24) is 14.1 Å². The zero-order valence-electron chi connectivity index (χ0n) is 15.5. The van der Waals surface area contributed by atoms with E-state index < -0.39 is 0 Å². The lowest BCUT2D eigenvalue weighted by Crippen LogP contribution is -2.15. The second-order valence-electron chi connectivity index (χ2n) is 6.56. The fourth-order valence-electron chi connectivity index (χ4n) is 3.11. The number of ketones is 1. The molecule has 0 aliphatic rings. The molecule has 0 saturated heterocycles. The van der Waals surface area contributed by atoms with Crippen molar-refractivity contribution in [2.45, 2.75) is 40.2 Å². The van der Waals surface area contributed by atoms with Crippen LogP contribution in [0.4, 0.5) is 5.95 Å². The molecule has 0 fully saturated rings. The van der Waals surface area contributed by atoms with Crippen LogP contribution in [-0.2, 0) is 13.6 Å². The van der Waals surface area contributed by atoms with E-state index in [1.807, 2.05) is 55.8 Å². The Balaban J connectivity index is 1.94. The topological polar surface area (TPSA) is 51.9 Å². The number of nitrogens with one attached hydrogen (secondary N) is 1. The Morgan fingerprint density at radius 3 is 2.68 bits per heavy atom. The van der Waals surface area contributed by atoms with Crippen LogP contribution in [0.2, 0.25) is 0 Å². The molecular formula is C20H26N4O. The second-order valence-corrected chi connectivity index (χ2v) is 6.56. The SMILES string of the molecule is CCCCNc1nc2ccccc2n1CC(=O)c1cc(C)n(C)c1C. The molecule has 1 N–H and O–H groups in total. The fourth-order valence-corrected chi connectivity index (χ4v) is 3.11. The summed E-state index contributed by atoms with van der Waals surface area (Å²) < 4.78 is 4.05. The van der Waals surface area contributed by atoms with Crippen molar-refractivity contribution in [2.75, 3.05) is 11.9 Å². The highest BCUT2D eigenvalue weighted by atomic mass is 16.1. The predicted octanol–water partition coefficient (Wildman–Crippen LogP) is 4.09. The minimum absolute atomic E-state index is 0.114. The van der Waals surface area contributed by atoms with E-state index in [1.54, 1.807) is 0 Å². The van der Waals surface area contributed by atoms with Gasteiger partial charge in [-0.25, -0.2) is 4.98 Å². The molecule has 5 heteroatoms. The third-order valence-corrected chi connectivity index (χ3v) is 4.85. The summed E-state index contributed by atoms with van der Waals surface area (Å²) in [6, 6.07) is 9.94. The molecule has 132 valence electrons. The summed E-state index contributed by atoms with van der Waals surface area (Å²) in [5.41, 5.74) is 4.79. The van der Waals surface area contributed by atoms with E-state index >= 15 is 0 Å². The Hall–Kier alpha value is -2.56.